The lowest BCUT2D eigenvalue weighted by molar-refractivity contribution is 0.326. The minimum Gasteiger partial charge on any atom is -0.241 e. The monoisotopic (exact) mass is 208 g/mol. The maximum atomic E-state index is 13.6. The van der Waals surface area contributed by atoms with Gasteiger partial charge in [-0.05, 0) is 12.3 Å². The van der Waals surface area contributed by atoms with Gasteiger partial charge in [-0.15, -0.1) is 0 Å². The fourth-order valence-electron chi connectivity index (χ4n) is 2.28. The van der Waals surface area contributed by atoms with Gasteiger partial charge in [-0.2, -0.15) is 0 Å². The summed E-state index contributed by atoms with van der Waals surface area (Å²) < 4.78 is 13.6. The van der Waals surface area contributed by atoms with Crippen LogP contribution in [0.4, 0.5) is 4.39 Å². The molecule has 2 atom stereocenters. The molecule has 2 rings (SSSR count). The molecule has 0 radical (unpaired) electrons. The van der Waals surface area contributed by atoms with Crippen LogP contribution in [0.2, 0.25) is 0 Å². The van der Waals surface area contributed by atoms with Crippen molar-refractivity contribution in [1.82, 2.24) is 9.97 Å². The predicted molar refractivity (Wildman–Crippen MR) is 57.6 cm³/mol. The molecule has 0 saturated heterocycles. The van der Waals surface area contributed by atoms with Gasteiger partial charge in [-0.3, -0.25) is 0 Å². The van der Waals surface area contributed by atoms with Crippen molar-refractivity contribution in [3.8, 4) is 0 Å². The first-order valence-corrected chi connectivity index (χ1v) is 5.40. The van der Waals surface area contributed by atoms with Crippen LogP contribution in [0.1, 0.15) is 63.2 Å². The third-order valence-electron chi connectivity index (χ3n) is 2.98. The molecule has 0 N–H and O–H groups in total. The van der Waals surface area contributed by atoms with Gasteiger partial charge in [0.25, 0.3) is 0 Å². The average molecular weight is 208 g/mol. The molecule has 1 heterocycles. The van der Waals surface area contributed by atoms with Crippen molar-refractivity contribution in [1.29, 1.82) is 0 Å². The van der Waals surface area contributed by atoms with Gasteiger partial charge in [-0.1, -0.05) is 27.7 Å². The van der Waals surface area contributed by atoms with E-state index < -0.39 is 6.17 Å². The molecule has 15 heavy (non-hydrogen) atoms. The van der Waals surface area contributed by atoms with E-state index in [9.17, 15) is 4.39 Å². The number of halogens is 1. The molecular weight excluding hydrogens is 191 g/mol. The predicted octanol–water partition coefficient (Wildman–Crippen LogP) is 3.29. The zero-order valence-electron chi connectivity index (χ0n) is 9.71. The van der Waals surface area contributed by atoms with E-state index >= 15 is 0 Å². The van der Waals surface area contributed by atoms with Crippen molar-refractivity contribution in [2.75, 3.05) is 0 Å². The van der Waals surface area contributed by atoms with Gasteiger partial charge in [-0.25, -0.2) is 14.4 Å². The highest BCUT2D eigenvalue weighted by Gasteiger charge is 2.35. The molecule has 0 aliphatic heterocycles. The van der Waals surface area contributed by atoms with E-state index in [-0.39, 0.29) is 11.3 Å². The van der Waals surface area contributed by atoms with Crippen LogP contribution in [0.5, 0.6) is 0 Å². The lowest BCUT2D eigenvalue weighted by Crippen LogP contribution is -2.18. The molecule has 0 fully saturated rings. The fraction of sp³-hybridized carbons (Fsp3) is 0.667. The molecule has 0 unspecified atom stereocenters. The molecule has 0 spiro atoms. The summed E-state index contributed by atoms with van der Waals surface area (Å²) in [5.41, 5.74) is 2.62. The Balaban J connectivity index is 2.61. The third-order valence-corrected chi connectivity index (χ3v) is 2.98. The van der Waals surface area contributed by atoms with Crippen LogP contribution in [0.25, 0.3) is 0 Å². The van der Waals surface area contributed by atoms with Crippen molar-refractivity contribution in [3.63, 3.8) is 0 Å². The highest BCUT2D eigenvalue weighted by Crippen LogP contribution is 2.44. The van der Waals surface area contributed by atoms with Crippen molar-refractivity contribution in [2.24, 2.45) is 0 Å². The Morgan fingerprint density at radius 2 is 2.00 bits per heavy atom. The number of hydrogen-bond donors (Lipinski definition) is 0. The van der Waals surface area contributed by atoms with Crippen molar-refractivity contribution in [2.45, 2.75) is 51.6 Å². The van der Waals surface area contributed by atoms with E-state index in [2.05, 4.69) is 37.7 Å². The second kappa shape index (κ2) is 3.26. The van der Waals surface area contributed by atoms with Gasteiger partial charge in [0.2, 0.25) is 0 Å². The summed E-state index contributed by atoms with van der Waals surface area (Å²) in [6.07, 6.45) is 1.14. The van der Waals surface area contributed by atoms with Crippen LogP contribution in [-0.4, -0.2) is 9.97 Å². The molecule has 1 aromatic heterocycles. The van der Waals surface area contributed by atoms with Gasteiger partial charge in [0.05, 0.1) is 11.4 Å². The molecule has 82 valence electrons. The fourth-order valence-corrected chi connectivity index (χ4v) is 2.28. The molecule has 3 heteroatoms. The quantitative estimate of drug-likeness (QED) is 0.653. The summed E-state index contributed by atoms with van der Waals surface area (Å²) in [5.74, 6) is 0.241. The Hall–Kier alpha value is -0.990. The molecule has 1 aliphatic carbocycles. The number of aromatic nitrogens is 2. The standard InChI is InChI=1S/C12H17FN2/c1-7-5-8(13)10-9(7)11(12(2,3)4)15-6-14-10/h6-8H,5H2,1-4H3/t7-,8+/m1/s1. The number of hydrogen-bond acceptors (Lipinski definition) is 2. The Bertz CT molecular complexity index is 382. The van der Waals surface area contributed by atoms with E-state index in [0.29, 0.717) is 12.1 Å². The Labute approximate surface area is 89.9 Å². The van der Waals surface area contributed by atoms with Crippen LogP contribution < -0.4 is 0 Å². The van der Waals surface area contributed by atoms with Crippen LogP contribution in [0, 0.1) is 0 Å². The first-order valence-electron chi connectivity index (χ1n) is 5.40. The highest BCUT2D eigenvalue weighted by molar-refractivity contribution is 5.37. The molecule has 1 aliphatic rings. The topological polar surface area (TPSA) is 25.8 Å². The average Bonchev–Trinajstić information content (AvgIpc) is 2.41. The Morgan fingerprint density at radius 1 is 1.33 bits per heavy atom. The SMILES string of the molecule is C[C@@H]1C[C@H](F)c2ncnc(C(C)(C)C)c21. The molecule has 0 aromatic carbocycles. The molecule has 2 nitrogen and oxygen atoms in total. The zero-order valence-corrected chi connectivity index (χ0v) is 9.71. The number of fused-ring (bicyclic) bond motifs is 1. The van der Waals surface area contributed by atoms with E-state index in [1.807, 2.05) is 0 Å². The lowest BCUT2D eigenvalue weighted by Gasteiger charge is -2.22. The summed E-state index contributed by atoms with van der Waals surface area (Å²) in [5, 5.41) is 0. The number of nitrogens with zero attached hydrogens (tertiary/aromatic N) is 2. The molecular formula is C12H17FN2. The van der Waals surface area contributed by atoms with Gasteiger partial charge in [0.1, 0.15) is 12.5 Å². The van der Waals surface area contributed by atoms with Crippen LogP contribution in [0.3, 0.4) is 0 Å². The first kappa shape index (κ1) is 10.5. The summed E-state index contributed by atoms with van der Waals surface area (Å²) in [7, 11) is 0. The third kappa shape index (κ3) is 1.64. The minimum atomic E-state index is -0.904. The highest BCUT2D eigenvalue weighted by atomic mass is 19.1. The second-order valence-electron chi connectivity index (χ2n) is 5.38. The lowest BCUT2D eigenvalue weighted by atomic mass is 9.86. The maximum absolute atomic E-state index is 13.6. The Morgan fingerprint density at radius 3 is 2.60 bits per heavy atom. The maximum Gasteiger partial charge on any atom is 0.143 e. The normalized spacial score (nSPS) is 25.4. The van der Waals surface area contributed by atoms with Crippen LogP contribution in [-0.2, 0) is 5.41 Å². The Kier molecular flexibility index (Phi) is 2.28. The number of rotatable bonds is 0. The van der Waals surface area contributed by atoms with E-state index in [4.69, 9.17) is 0 Å². The molecule has 1 aromatic rings. The molecule has 0 amide bonds. The van der Waals surface area contributed by atoms with E-state index in [1.165, 1.54) is 6.33 Å². The van der Waals surface area contributed by atoms with Gasteiger partial charge < -0.3 is 0 Å². The number of alkyl halides is 1. The molecule has 0 saturated carbocycles. The first-order chi connectivity index (χ1) is 6.91. The van der Waals surface area contributed by atoms with Crippen LogP contribution in [0.15, 0.2) is 6.33 Å². The zero-order chi connectivity index (χ0) is 11.2. The summed E-state index contributed by atoms with van der Waals surface area (Å²) in [6, 6.07) is 0. The summed E-state index contributed by atoms with van der Waals surface area (Å²) in [4.78, 5) is 8.41. The second-order valence-corrected chi connectivity index (χ2v) is 5.38. The van der Waals surface area contributed by atoms with Gasteiger partial charge in [0.15, 0.2) is 0 Å². The summed E-state index contributed by atoms with van der Waals surface area (Å²) >= 11 is 0. The van der Waals surface area contributed by atoms with E-state index in [0.717, 1.165) is 11.3 Å². The van der Waals surface area contributed by atoms with Gasteiger partial charge >= 0.3 is 0 Å². The smallest absolute Gasteiger partial charge is 0.143 e. The van der Waals surface area contributed by atoms with E-state index in [1.54, 1.807) is 0 Å². The minimum absolute atomic E-state index is 0.0364. The van der Waals surface area contributed by atoms with Crippen molar-refractivity contribution in [3.05, 3.63) is 23.3 Å². The van der Waals surface area contributed by atoms with Crippen LogP contribution >= 0.6 is 0 Å². The summed E-state index contributed by atoms with van der Waals surface area (Å²) in [6.45, 7) is 8.37. The van der Waals surface area contributed by atoms with Crippen molar-refractivity contribution < 1.29 is 4.39 Å². The molecule has 0 bridgehead atoms. The van der Waals surface area contributed by atoms with Gasteiger partial charge in [0, 0.05) is 11.0 Å². The largest absolute Gasteiger partial charge is 0.241 e. The van der Waals surface area contributed by atoms with Crippen molar-refractivity contribution >= 4 is 0 Å².